The molecule has 0 amide bonds. The highest BCUT2D eigenvalue weighted by molar-refractivity contribution is 5.79. The van der Waals surface area contributed by atoms with E-state index in [9.17, 15) is 0 Å². The van der Waals surface area contributed by atoms with Crippen LogP contribution in [0.5, 0.6) is 0 Å². The number of benzene rings is 1. The van der Waals surface area contributed by atoms with Gasteiger partial charge in [0.05, 0.1) is 6.10 Å². The molecule has 0 bridgehead atoms. The number of hydrogen-bond acceptors (Lipinski definition) is 3. The summed E-state index contributed by atoms with van der Waals surface area (Å²) in [6, 6.07) is 10.3. The zero-order valence-electron chi connectivity index (χ0n) is 15.9. The summed E-state index contributed by atoms with van der Waals surface area (Å²) >= 11 is 0. The van der Waals surface area contributed by atoms with E-state index in [2.05, 4.69) is 60.8 Å². The fourth-order valence-corrected chi connectivity index (χ4v) is 2.20. The highest BCUT2D eigenvalue weighted by Gasteiger charge is 2.07. The zero-order valence-corrected chi connectivity index (χ0v) is 15.9. The number of ether oxygens (including phenoxy) is 1. The van der Waals surface area contributed by atoms with Crippen LogP contribution in [-0.4, -0.2) is 44.8 Å². The number of hydrogen-bond donors (Lipinski definition) is 3. The first-order valence-corrected chi connectivity index (χ1v) is 8.78. The van der Waals surface area contributed by atoms with Gasteiger partial charge in [0.2, 0.25) is 0 Å². The van der Waals surface area contributed by atoms with E-state index in [1.54, 1.807) is 7.05 Å². The molecule has 0 saturated heterocycles. The van der Waals surface area contributed by atoms with Gasteiger partial charge in [-0.05, 0) is 39.7 Å². The van der Waals surface area contributed by atoms with E-state index in [4.69, 9.17) is 4.74 Å². The maximum Gasteiger partial charge on any atom is 0.191 e. The van der Waals surface area contributed by atoms with Gasteiger partial charge < -0.3 is 20.7 Å². The van der Waals surface area contributed by atoms with Crippen molar-refractivity contribution in [3.8, 4) is 0 Å². The van der Waals surface area contributed by atoms with Crippen molar-refractivity contribution in [1.29, 1.82) is 0 Å². The minimum atomic E-state index is 0.132. The minimum absolute atomic E-state index is 0.132. The quantitative estimate of drug-likeness (QED) is 0.369. The zero-order chi connectivity index (χ0) is 17.8. The second-order valence-corrected chi connectivity index (χ2v) is 6.88. The number of nitrogens with one attached hydrogen (secondary N) is 3. The van der Waals surface area contributed by atoms with Crippen LogP contribution in [-0.2, 0) is 4.74 Å². The van der Waals surface area contributed by atoms with E-state index in [0.717, 1.165) is 38.6 Å². The van der Waals surface area contributed by atoms with Crippen LogP contribution in [0, 0.1) is 0 Å². The Balaban J connectivity index is 2.10. The van der Waals surface area contributed by atoms with Crippen molar-refractivity contribution in [1.82, 2.24) is 16.0 Å². The van der Waals surface area contributed by atoms with Crippen LogP contribution in [0.15, 0.2) is 35.3 Å². The molecule has 1 aromatic carbocycles. The first-order valence-electron chi connectivity index (χ1n) is 8.78. The highest BCUT2D eigenvalue weighted by Crippen LogP contribution is 2.15. The average Bonchev–Trinajstić information content (AvgIpc) is 2.56. The van der Waals surface area contributed by atoms with Crippen LogP contribution >= 0.6 is 0 Å². The molecule has 1 unspecified atom stereocenters. The third kappa shape index (κ3) is 9.53. The van der Waals surface area contributed by atoms with E-state index >= 15 is 0 Å². The molecule has 0 aliphatic heterocycles. The monoisotopic (exact) mass is 334 g/mol. The van der Waals surface area contributed by atoms with Crippen LogP contribution < -0.4 is 16.0 Å². The molecule has 0 aromatic heterocycles. The van der Waals surface area contributed by atoms with E-state index in [1.807, 2.05) is 18.2 Å². The van der Waals surface area contributed by atoms with Gasteiger partial charge in [-0.15, -0.1) is 0 Å². The Morgan fingerprint density at radius 1 is 1.08 bits per heavy atom. The molecule has 0 fully saturated rings. The first-order chi connectivity index (χ1) is 11.4. The van der Waals surface area contributed by atoms with Crippen molar-refractivity contribution in [2.75, 3.05) is 33.3 Å². The molecule has 1 atom stereocenters. The van der Waals surface area contributed by atoms with Gasteiger partial charge in [-0.25, -0.2) is 0 Å². The summed E-state index contributed by atoms with van der Waals surface area (Å²) in [7, 11) is 1.79. The van der Waals surface area contributed by atoms with Gasteiger partial charge in [0.15, 0.2) is 5.96 Å². The molecule has 3 N–H and O–H groups in total. The Labute approximate surface area is 147 Å². The molecule has 0 heterocycles. The lowest BCUT2D eigenvalue weighted by atomic mass is 10.1. The summed E-state index contributed by atoms with van der Waals surface area (Å²) in [5.74, 6) is 0.835. The minimum Gasteiger partial charge on any atom is -0.374 e. The van der Waals surface area contributed by atoms with E-state index < -0.39 is 0 Å². The highest BCUT2D eigenvalue weighted by atomic mass is 16.5. The van der Waals surface area contributed by atoms with Crippen LogP contribution in [0.25, 0.3) is 0 Å². The van der Waals surface area contributed by atoms with Crippen molar-refractivity contribution in [3.05, 3.63) is 35.9 Å². The topological polar surface area (TPSA) is 57.7 Å². The van der Waals surface area contributed by atoms with Gasteiger partial charge in [0, 0.05) is 38.8 Å². The molecule has 0 saturated carbocycles. The summed E-state index contributed by atoms with van der Waals surface area (Å²) in [5.41, 5.74) is 1.36. The second-order valence-electron chi connectivity index (χ2n) is 6.88. The fraction of sp³-hybridized carbons (Fsp3) is 0.632. The summed E-state index contributed by atoms with van der Waals surface area (Å²) in [5, 5.41) is 10.1. The van der Waals surface area contributed by atoms with Crippen LogP contribution in [0.2, 0.25) is 0 Å². The van der Waals surface area contributed by atoms with Gasteiger partial charge in [0.25, 0.3) is 0 Å². The van der Waals surface area contributed by atoms with Crippen molar-refractivity contribution < 1.29 is 4.74 Å². The Hall–Kier alpha value is -1.59. The summed E-state index contributed by atoms with van der Waals surface area (Å²) in [6.45, 7) is 11.9. The summed E-state index contributed by atoms with van der Waals surface area (Å²) < 4.78 is 5.87. The van der Waals surface area contributed by atoms with Gasteiger partial charge in [-0.1, -0.05) is 30.3 Å². The molecule has 0 radical (unpaired) electrons. The van der Waals surface area contributed by atoms with Crippen LogP contribution in [0.4, 0.5) is 0 Å². The van der Waals surface area contributed by atoms with Gasteiger partial charge >= 0.3 is 0 Å². The largest absolute Gasteiger partial charge is 0.374 e. The predicted octanol–water partition coefficient (Wildman–Crippen LogP) is 2.71. The smallest absolute Gasteiger partial charge is 0.191 e. The number of nitrogens with zero attached hydrogens (tertiary/aromatic N) is 1. The lowest BCUT2D eigenvalue weighted by Crippen LogP contribution is -2.44. The van der Waals surface area contributed by atoms with Crippen LogP contribution in [0.1, 0.15) is 45.8 Å². The molecular formula is C19H34N4O. The molecule has 5 heteroatoms. The lowest BCUT2D eigenvalue weighted by molar-refractivity contribution is 0.0646. The molecule has 24 heavy (non-hydrogen) atoms. The molecule has 0 spiro atoms. The summed E-state index contributed by atoms with van der Waals surface area (Å²) in [4.78, 5) is 4.23. The molecule has 5 nitrogen and oxygen atoms in total. The third-order valence-electron chi connectivity index (χ3n) is 3.55. The van der Waals surface area contributed by atoms with Crippen molar-refractivity contribution in [2.45, 2.75) is 45.8 Å². The maximum absolute atomic E-state index is 5.87. The van der Waals surface area contributed by atoms with Gasteiger partial charge in [0.1, 0.15) is 0 Å². The fourth-order valence-electron chi connectivity index (χ4n) is 2.20. The molecular weight excluding hydrogens is 300 g/mol. The standard InChI is InChI=1S/C19H34N4O/c1-16(17-10-7-6-8-11-17)24-15-9-12-21-18(20-5)22-13-14-23-19(2,3)4/h6-8,10-11,16,23H,9,12-15H2,1-5H3,(H2,20,21,22). The summed E-state index contributed by atoms with van der Waals surface area (Å²) in [6.07, 6.45) is 1.07. The van der Waals surface area contributed by atoms with Crippen molar-refractivity contribution in [3.63, 3.8) is 0 Å². The van der Waals surface area contributed by atoms with E-state index in [1.165, 1.54) is 5.56 Å². The molecule has 0 aliphatic carbocycles. The van der Waals surface area contributed by atoms with Crippen molar-refractivity contribution >= 4 is 5.96 Å². The Bertz CT molecular complexity index is 468. The molecule has 136 valence electrons. The van der Waals surface area contributed by atoms with Gasteiger partial charge in [-0.3, -0.25) is 4.99 Å². The van der Waals surface area contributed by atoms with E-state index in [0.29, 0.717) is 0 Å². The SMILES string of the molecule is CN=C(NCCCOC(C)c1ccccc1)NCCNC(C)(C)C. The number of aliphatic imine (C=N–C) groups is 1. The Morgan fingerprint density at radius 2 is 1.75 bits per heavy atom. The molecule has 0 aliphatic rings. The number of rotatable bonds is 9. The van der Waals surface area contributed by atoms with Gasteiger partial charge in [-0.2, -0.15) is 0 Å². The van der Waals surface area contributed by atoms with Crippen molar-refractivity contribution in [2.24, 2.45) is 4.99 Å². The molecule has 1 rings (SSSR count). The molecule has 1 aromatic rings. The Kier molecular flexibility index (Phi) is 9.42. The van der Waals surface area contributed by atoms with Crippen LogP contribution in [0.3, 0.4) is 0 Å². The first kappa shape index (κ1) is 20.5. The number of guanidine groups is 1. The second kappa shape index (κ2) is 11.0. The normalized spacial score (nSPS) is 13.6. The van der Waals surface area contributed by atoms with E-state index in [-0.39, 0.29) is 11.6 Å². The third-order valence-corrected chi connectivity index (χ3v) is 3.55. The lowest BCUT2D eigenvalue weighted by Gasteiger charge is -2.21. The maximum atomic E-state index is 5.87. The Morgan fingerprint density at radius 3 is 2.38 bits per heavy atom. The predicted molar refractivity (Wildman–Crippen MR) is 103 cm³/mol. The average molecular weight is 335 g/mol.